The first-order valence-electron chi connectivity index (χ1n) is 8.50. The first-order valence-corrected chi connectivity index (χ1v) is 8.50. The lowest BCUT2D eigenvalue weighted by atomic mass is 10.1. The maximum absolute atomic E-state index is 12.3. The van der Waals surface area contributed by atoms with Crippen molar-refractivity contribution in [3.63, 3.8) is 0 Å². The summed E-state index contributed by atoms with van der Waals surface area (Å²) in [6.45, 7) is 0. The summed E-state index contributed by atoms with van der Waals surface area (Å²) < 4.78 is 15.8. The summed E-state index contributed by atoms with van der Waals surface area (Å²) in [5.41, 5.74) is 1.92. The molecule has 8 heteroatoms. The van der Waals surface area contributed by atoms with E-state index in [9.17, 15) is 4.79 Å². The lowest BCUT2D eigenvalue weighted by molar-refractivity contribution is 0.101. The number of carbonyl (C=O) groups is 1. The third-order valence-corrected chi connectivity index (χ3v) is 4.00. The molecule has 2 aromatic carbocycles. The van der Waals surface area contributed by atoms with Gasteiger partial charge in [-0.05, 0) is 17.7 Å². The van der Waals surface area contributed by atoms with Gasteiger partial charge in [-0.15, -0.1) is 5.10 Å². The third-order valence-electron chi connectivity index (χ3n) is 4.00. The Balaban J connectivity index is 1.41. The maximum atomic E-state index is 12.3. The largest absolute Gasteiger partial charge is 0.497 e. The van der Waals surface area contributed by atoms with E-state index in [-0.39, 0.29) is 11.7 Å². The van der Waals surface area contributed by atoms with Crippen molar-refractivity contribution in [3.8, 4) is 17.1 Å². The number of rotatable bonds is 6. The van der Waals surface area contributed by atoms with E-state index in [0.717, 1.165) is 16.9 Å². The van der Waals surface area contributed by atoms with Crippen LogP contribution in [0.3, 0.4) is 0 Å². The molecule has 0 bridgehead atoms. The van der Waals surface area contributed by atoms with Gasteiger partial charge in [-0.2, -0.15) is 0 Å². The predicted octanol–water partition coefficient (Wildman–Crippen LogP) is 3.58. The van der Waals surface area contributed by atoms with Gasteiger partial charge in [0.1, 0.15) is 5.75 Å². The SMILES string of the molecule is COc1ccc(Cc2nnc(NC(=O)c3cc(-c4ccccc4)on3)o2)cc1. The average molecular weight is 376 g/mol. The number of hydrogen-bond acceptors (Lipinski definition) is 7. The Morgan fingerprint density at radius 3 is 2.61 bits per heavy atom. The topological polar surface area (TPSA) is 103 Å². The number of anilines is 1. The second kappa shape index (κ2) is 7.75. The molecule has 0 aliphatic heterocycles. The van der Waals surface area contributed by atoms with E-state index in [1.165, 1.54) is 0 Å². The Hall–Kier alpha value is -3.94. The van der Waals surface area contributed by atoms with Crippen LogP contribution in [0.15, 0.2) is 69.6 Å². The first kappa shape index (κ1) is 17.5. The minimum Gasteiger partial charge on any atom is -0.497 e. The van der Waals surface area contributed by atoms with Gasteiger partial charge in [-0.25, -0.2) is 0 Å². The van der Waals surface area contributed by atoms with E-state index in [4.69, 9.17) is 13.7 Å². The summed E-state index contributed by atoms with van der Waals surface area (Å²) >= 11 is 0. The second-order valence-corrected chi connectivity index (χ2v) is 5.92. The van der Waals surface area contributed by atoms with Gasteiger partial charge in [-0.3, -0.25) is 10.1 Å². The molecular formula is C20H16N4O4. The molecule has 8 nitrogen and oxygen atoms in total. The van der Waals surface area contributed by atoms with Crippen LogP contribution in [0.1, 0.15) is 21.9 Å². The van der Waals surface area contributed by atoms with E-state index in [2.05, 4.69) is 20.7 Å². The zero-order valence-corrected chi connectivity index (χ0v) is 15.0. The number of methoxy groups -OCH3 is 1. The van der Waals surface area contributed by atoms with Crippen molar-refractivity contribution in [1.82, 2.24) is 15.4 Å². The monoisotopic (exact) mass is 376 g/mol. The van der Waals surface area contributed by atoms with Crippen LogP contribution in [-0.4, -0.2) is 28.4 Å². The molecule has 2 heterocycles. The fraction of sp³-hybridized carbons (Fsp3) is 0.100. The number of aromatic nitrogens is 3. The highest BCUT2D eigenvalue weighted by molar-refractivity contribution is 6.02. The fourth-order valence-corrected chi connectivity index (χ4v) is 2.58. The smallest absolute Gasteiger partial charge is 0.322 e. The van der Waals surface area contributed by atoms with Crippen LogP contribution in [0.25, 0.3) is 11.3 Å². The molecule has 0 atom stereocenters. The summed E-state index contributed by atoms with van der Waals surface area (Å²) in [4.78, 5) is 12.3. The zero-order valence-electron chi connectivity index (χ0n) is 15.0. The Morgan fingerprint density at radius 2 is 1.86 bits per heavy atom. The molecule has 2 aromatic heterocycles. The number of nitrogens with zero attached hydrogens (tertiary/aromatic N) is 3. The Labute approximate surface area is 160 Å². The summed E-state index contributed by atoms with van der Waals surface area (Å²) in [6.07, 6.45) is 0.439. The molecular weight excluding hydrogens is 360 g/mol. The van der Waals surface area contributed by atoms with Crippen LogP contribution in [-0.2, 0) is 6.42 Å². The maximum Gasteiger partial charge on any atom is 0.322 e. The Kier molecular flexibility index (Phi) is 4.83. The van der Waals surface area contributed by atoms with Crippen molar-refractivity contribution in [2.45, 2.75) is 6.42 Å². The highest BCUT2D eigenvalue weighted by Gasteiger charge is 2.17. The van der Waals surface area contributed by atoms with E-state index in [0.29, 0.717) is 18.1 Å². The normalized spacial score (nSPS) is 10.6. The summed E-state index contributed by atoms with van der Waals surface area (Å²) in [5, 5.41) is 14.1. The molecule has 28 heavy (non-hydrogen) atoms. The fourth-order valence-electron chi connectivity index (χ4n) is 2.58. The van der Waals surface area contributed by atoms with Gasteiger partial charge < -0.3 is 13.7 Å². The van der Waals surface area contributed by atoms with Gasteiger partial charge in [0, 0.05) is 11.6 Å². The van der Waals surface area contributed by atoms with Crippen molar-refractivity contribution in [2.24, 2.45) is 0 Å². The molecule has 4 aromatic rings. The van der Waals surface area contributed by atoms with Crippen LogP contribution in [0.5, 0.6) is 5.75 Å². The van der Waals surface area contributed by atoms with E-state index >= 15 is 0 Å². The molecule has 0 radical (unpaired) electrons. The summed E-state index contributed by atoms with van der Waals surface area (Å²) in [7, 11) is 1.61. The Morgan fingerprint density at radius 1 is 1.07 bits per heavy atom. The van der Waals surface area contributed by atoms with Crippen molar-refractivity contribution in [1.29, 1.82) is 0 Å². The lowest BCUT2D eigenvalue weighted by Crippen LogP contribution is -2.12. The Bertz CT molecular complexity index is 1070. The molecule has 0 spiro atoms. The van der Waals surface area contributed by atoms with Crippen molar-refractivity contribution in [2.75, 3.05) is 12.4 Å². The van der Waals surface area contributed by atoms with Crippen molar-refractivity contribution in [3.05, 3.63) is 77.8 Å². The van der Waals surface area contributed by atoms with Gasteiger partial charge in [0.25, 0.3) is 5.91 Å². The average Bonchev–Trinajstić information content (AvgIpc) is 3.39. The molecule has 0 saturated carbocycles. The highest BCUT2D eigenvalue weighted by Crippen LogP contribution is 2.20. The molecule has 140 valence electrons. The number of amides is 1. The van der Waals surface area contributed by atoms with Crippen molar-refractivity contribution >= 4 is 11.9 Å². The first-order chi connectivity index (χ1) is 13.7. The van der Waals surface area contributed by atoms with Gasteiger partial charge in [0.2, 0.25) is 5.89 Å². The molecule has 1 amide bonds. The van der Waals surface area contributed by atoms with Gasteiger partial charge in [0.15, 0.2) is 11.5 Å². The van der Waals surface area contributed by atoms with Gasteiger partial charge in [-0.1, -0.05) is 52.7 Å². The van der Waals surface area contributed by atoms with Crippen molar-refractivity contribution < 1.29 is 18.5 Å². The van der Waals surface area contributed by atoms with E-state index in [1.807, 2.05) is 54.6 Å². The van der Waals surface area contributed by atoms with Crippen LogP contribution in [0.2, 0.25) is 0 Å². The van der Waals surface area contributed by atoms with Crippen LogP contribution in [0, 0.1) is 0 Å². The highest BCUT2D eigenvalue weighted by atomic mass is 16.5. The quantitative estimate of drug-likeness (QED) is 0.548. The van der Waals surface area contributed by atoms with Crippen LogP contribution < -0.4 is 10.1 Å². The molecule has 0 unspecified atom stereocenters. The third kappa shape index (κ3) is 3.90. The van der Waals surface area contributed by atoms with E-state index in [1.54, 1.807) is 13.2 Å². The van der Waals surface area contributed by atoms with E-state index < -0.39 is 5.91 Å². The number of benzene rings is 2. The van der Waals surface area contributed by atoms with Crippen LogP contribution in [0.4, 0.5) is 6.01 Å². The molecule has 0 fully saturated rings. The van der Waals surface area contributed by atoms with Gasteiger partial charge in [0.05, 0.1) is 13.5 Å². The predicted molar refractivity (Wildman–Crippen MR) is 100.0 cm³/mol. The number of nitrogens with one attached hydrogen (secondary N) is 1. The van der Waals surface area contributed by atoms with Crippen LogP contribution >= 0.6 is 0 Å². The second-order valence-electron chi connectivity index (χ2n) is 5.92. The summed E-state index contributed by atoms with van der Waals surface area (Å²) in [6, 6.07) is 18.4. The molecule has 0 aliphatic rings. The lowest BCUT2D eigenvalue weighted by Gasteiger charge is -2.00. The molecule has 1 N–H and O–H groups in total. The molecule has 0 saturated heterocycles. The number of carbonyl (C=O) groups excluding carboxylic acids is 1. The minimum absolute atomic E-state index is 0.00206. The standard InChI is InChI=1S/C20H16N4O4/c1-26-15-9-7-13(8-10-15)11-18-22-23-20(27-18)21-19(25)16-12-17(28-24-16)14-5-3-2-4-6-14/h2-10,12H,11H2,1H3,(H,21,23,25). The van der Waals surface area contributed by atoms with Gasteiger partial charge >= 0.3 is 6.01 Å². The minimum atomic E-state index is -0.495. The molecule has 0 aliphatic carbocycles. The zero-order chi connectivity index (χ0) is 19.3. The number of ether oxygens (including phenoxy) is 1. The summed E-state index contributed by atoms with van der Waals surface area (Å²) in [5.74, 6) is 1.15. The number of hydrogen-bond donors (Lipinski definition) is 1. The molecule has 4 rings (SSSR count).